The van der Waals surface area contributed by atoms with E-state index >= 15 is 0 Å². The number of hydrogen-bond donors (Lipinski definition) is 1. The predicted octanol–water partition coefficient (Wildman–Crippen LogP) is 2.61. The average Bonchev–Trinajstić information content (AvgIpc) is 2.34. The van der Waals surface area contributed by atoms with Crippen LogP contribution in [0, 0.1) is 6.92 Å². The first-order valence-electron chi connectivity index (χ1n) is 6.19. The summed E-state index contributed by atoms with van der Waals surface area (Å²) in [4.78, 5) is 0. The molecule has 2 unspecified atom stereocenters. The Balaban J connectivity index is 2.11. The highest BCUT2D eigenvalue weighted by Gasteiger charge is 2.24. The molecule has 88 valence electrons. The van der Waals surface area contributed by atoms with Crippen molar-refractivity contribution in [2.24, 2.45) is 5.73 Å². The molecule has 1 aliphatic heterocycles. The third kappa shape index (κ3) is 2.63. The normalized spacial score (nSPS) is 23.0. The molecule has 0 bridgehead atoms. The van der Waals surface area contributed by atoms with Crippen LogP contribution in [0.25, 0.3) is 0 Å². The van der Waals surface area contributed by atoms with Crippen molar-refractivity contribution < 1.29 is 4.74 Å². The van der Waals surface area contributed by atoms with Gasteiger partial charge in [-0.2, -0.15) is 0 Å². The molecule has 2 nitrogen and oxygen atoms in total. The first-order valence-corrected chi connectivity index (χ1v) is 6.19. The summed E-state index contributed by atoms with van der Waals surface area (Å²) in [5, 5.41) is 0. The fourth-order valence-electron chi connectivity index (χ4n) is 2.40. The van der Waals surface area contributed by atoms with E-state index in [4.69, 9.17) is 10.5 Å². The quantitative estimate of drug-likeness (QED) is 0.848. The van der Waals surface area contributed by atoms with E-state index in [0.29, 0.717) is 18.6 Å². The van der Waals surface area contributed by atoms with Crippen LogP contribution in [0.5, 0.6) is 0 Å². The van der Waals surface area contributed by atoms with Crippen LogP contribution in [0.1, 0.15) is 36.3 Å². The summed E-state index contributed by atoms with van der Waals surface area (Å²) >= 11 is 0. The van der Waals surface area contributed by atoms with Gasteiger partial charge < -0.3 is 10.5 Å². The standard InChI is InChI=1S/C14H21NO/c1-11-5-7-12(8-6-11)13(10-15)14-4-2-3-9-16-14/h5-8,13-14H,2-4,9-10,15H2,1H3. The first-order chi connectivity index (χ1) is 7.81. The molecule has 0 aromatic heterocycles. The second kappa shape index (κ2) is 5.46. The van der Waals surface area contributed by atoms with Crippen LogP contribution in [0.15, 0.2) is 24.3 Å². The van der Waals surface area contributed by atoms with E-state index in [1.54, 1.807) is 0 Å². The van der Waals surface area contributed by atoms with Gasteiger partial charge in [0.2, 0.25) is 0 Å². The van der Waals surface area contributed by atoms with Crippen molar-refractivity contribution in [1.82, 2.24) is 0 Å². The van der Waals surface area contributed by atoms with Crippen molar-refractivity contribution >= 4 is 0 Å². The van der Waals surface area contributed by atoms with Crippen LogP contribution in [-0.4, -0.2) is 19.3 Å². The van der Waals surface area contributed by atoms with E-state index in [2.05, 4.69) is 31.2 Å². The minimum absolute atomic E-state index is 0.321. The van der Waals surface area contributed by atoms with Crippen molar-refractivity contribution in [1.29, 1.82) is 0 Å². The molecule has 2 rings (SSSR count). The zero-order chi connectivity index (χ0) is 11.4. The SMILES string of the molecule is Cc1ccc(C(CN)C2CCCCO2)cc1. The summed E-state index contributed by atoms with van der Waals surface area (Å²) in [5.41, 5.74) is 8.51. The largest absolute Gasteiger partial charge is 0.378 e. The van der Waals surface area contributed by atoms with E-state index in [1.807, 2.05) is 0 Å². The summed E-state index contributed by atoms with van der Waals surface area (Å²) in [6, 6.07) is 8.68. The average molecular weight is 219 g/mol. The Hall–Kier alpha value is -0.860. The van der Waals surface area contributed by atoms with E-state index in [9.17, 15) is 0 Å². The minimum Gasteiger partial charge on any atom is -0.378 e. The van der Waals surface area contributed by atoms with E-state index in [1.165, 1.54) is 24.0 Å². The van der Waals surface area contributed by atoms with Crippen LogP contribution in [-0.2, 0) is 4.74 Å². The molecule has 1 aliphatic rings. The Kier molecular flexibility index (Phi) is 3.97. The predicted molar refractivity (Wildman–Crippen MR) is 66.6 cm³/mol. The molecule has 0 amide bonds. The second-order valence-electron chi connectivity index (χ2n) is 4.66. The topological polar surface area (TPSA) is 35.2 Å². The van der Waals surface area contributed by atoms with Crippen LogP contribution in [0.4, 0.5) is 0 Å². The van der Waals surface area contributed by atoms with Gasteiger partial charge in [0.05, 0.1) is 6.10 Å². The van der Waals surface area contributed by atoms with Gasteiger partial charge in [-0.1, -0.05) is 29.8 Å². The van der Waals surface area contributed by atoms with Crippen LogP contribution in [0.2, 0.25) is 0 Å². The molecule has 0 saturated carbocycles. The molecular weight excluding hydrogens is 198 g/mol. The molecule has 0 aliphatic carbocycles. The number of nitrogens with two attached hydrogens (primary N) is 1. The van der Waals surface area contributed by atoms with Crippen LogP contribution < -0.4 is 5.73 Å². The summed E-state index contributed by atoms with van der Waals surface area (Å²) in [7, 11) is 0. The number of hydrogen-bond acceptors (Lipinski definition) is 2. The molecule has 1 saturated heterocycles. The zero-order valence-corrected chi connectivity index (χ0v) is 9.99. The lowest BCUT2D eigenvalue weighted by atomic mass is 9.89. The molecule has 16 heavy (non-hydrogen) atoms. The summed E-state index contributed by atoms with van der Waals surface area (Å²) < 4.78 is 5.84. The van der Waals surface area contributed by atoms with Crippen molar-refractivity contribution in [2.45, 2.75) is 38.2 Å². The first kappa shape index (κ1) is 11.6. The third-order valence-corrected chi connectivity index (χ3v) is 3.42. The van der Waals surface area contributed by atoms with Crippen molar-refractivity contribution in [3.63, 3.8) is 0 Å². The van der Waals surface area contributed by atoms with Gasteiger partial charge >= 0.3 is 0 Å². The maximum atomic E-state index is 5.89. The monoisotopic (exact) mass is 219 g/mol. The molecule has 2 N–H and O–H groups in total. The van der Waals surface area contributed by atoms with Crippen molar-refractivity contribution in [2.75, 3.05) is 13.2 Å². The number of aryl methyl sites for hydroxylation is 1. The Morgan fingerprint density at radius 3 is 2.62 bits per heavy atom. The molecule has 0 spiro atoms. The van der Waals surface area contributed by atoms with E-state index in [-0.39, 0.29) is 0 Å². The van der Waals surface area contributed by atoms with Gasteiger partial charge in [-0.3, -0.25) is 0 Å². The van der Waals surface area contributed by atoms with Gasteiger partial charge in [0.25, 0.3) is 0 Å². The highest BCUT2D eigenvalue weighted by Crippen LogP contribution is 2.27. The fraction of sp³-hybridized carbons (Fsp3) is 0.571. The second-order valence-corrected chi connectivity index (χ2v) is 4.66. The van der Waals surface area contributed by atoms with Gasteiger partial charge in [-0.05, 0) is 31.7 Å². The van der Waals surface area contributed by atoms with Crippen LogP contribution in [0.3, 0.4) is 0 Å². The summed E-state index contributed by atoms with van der Waals surface area (Å²) in [6.07, 6.45) is 3.94. The van der Waals surface area contributed by atoms with Gasteiger partial charge in [-0.15, -0.1) is 0 Å². The van der Waals surface area contributed by atoms with Gasteiger partial charge in [0.1, 0.15) is 0 Å². The lowest BCUT2D eigenvalue weighted by molar-refractivity contribution is 0.000579. The van der Waals surface area contributed by atoms with E-state index < -0.39 is 0 Å². The van der Waals surface area contributed by atoms with E-state index in [0.717, 1.165) is 13.0 Å². The van der Waals surface area contributed by atoms with Gasteiger partial charge in [0, 0.05) is 19.1 Å². The third-order valence-electron chi connectivity index (χ3n) is 3.42. The zero-order valence-electron chi connectivity index (χ0n) is 9.99. The Morgan fingerprint density at radius 2 is 2.06 bits per heavy atom. The van der Waals surface area contributed by atoms with Gasteiger partial charge in [-0.25, -0.2) is 0 Å². The number of benzene rings is 1. The maximum Gasteiger partial charge on any atom is 0.0655 e. The van der Waals surface area contributed by atoms with Gasteiger partial charge in [0.15, 0.2) is 0 Å². The lowest BCUT2D eigenvalue weighted by Gasteiger charge is -2.30. The molecule has 1 heterocycles. The Bertz CT molecular complexity index is 314. The minimum atomic E-state index is 0.321. The highest BCUT2D eigenvalue weighted by atomic mass is 16.5. The Morgan fingerprint density at radius 1 is 1.31 bits per heavy atom. The molecule has 2 atom stereocenters. The molecule has 1 aromatic carbocycles. The highest BCUT2D eigenvalue weighted by molar-refractivity contribution is 5.25. The lowest BCUT2D eigenvalue weighted by Crippen LogP contribution is -2.31. The Labute approximate surface area is 97.8 Å². The number of ether oxygens (including phenoxy) is 1. The molecule has 2 heteroatoms. The van der Waals surface area contributed by atoms with Crippen LogP contribution >= 0.6 is 0 Å². The molecule has 1 fully saturated rings. The fourth-order valence-corrected chi connectivity index (χ4v) is 2.40. The summed E-state index contributed by atoms with van der Waals surface area (Å²) in [5.74, 6) is 0.362. The molecule has 0 radical (unpaired) electrons. The molecule has 1 aromatic rings. The summed E-state index contributed by atoms with van der Waals surface area (Å²) in [6.45, 7) is 3.68. The van der Waals surface area contributed by atoms with Crippen molar-refractivity contribution in [3.05, 3.63) is 35.4 Å². The van der Waals surface area contributed by atoms with Crippen molar-refractivity contribution in [3.8, 4) is 0 Å². The smallest absolute Gasteiger partial charge is 0.0655 e. The maximum absolute atomic E-state index is 5.89. The number of rotatable bonds is 3. The molecular formula is C14H21NO.